The van der Waals surface area contributed by atoms with Crippen LogP contribution in [0.3, 0.4) is 0 Å². The van der Waals surface area contributed by atoms with E-state index in [2.05, 4.69) is 21.3 Å². The van der Waals surface area contributed by atoms with Crippen molar-refractivity contribution in [3.05, 3.63) is 0 Å². The third kappa shape index (κ3) is 7.66. The maximum atomic E-state index is 3.58. The molecule has 5 aliphatic heterocycles. The molecule has 8 unspecified atom stereocenters. The Balaban J connectivity index is 0.0000000923. The van der Waals surface area contributed by atoms with Crippen molar-refractivity contribution >= 4 is 0 Å². The summed E-state index contributed by atoms with van der Waals surface area (Å²) in [6.07, 6.45) is 23.6. The van der Waals surface area contributed by atoms with E-state index in [4.69, 9.17) is 0 Å². The molecule has 8 atom stereocenters. The molecule has 5 saturated heterocycles. The maximum Gasteiger partial charge on any atom is 0.00702 e. The van der Waals surface area contributed by atoms with Crippen LogP contribution in [0.25, 0.3) is 0 Å². The molecule has 0 amide bonds. The highest BCUT2D eigenvalue weighted by molar-refractivity contribution is 4.86. The van der Waals surface area contributed by atoms with Gasteiger partial charge in [-0.15, -0.1) is 0 Å². The Morgan fingerprint density at radius 2 is 0.939 bits per heavy atom. The van der Waals surface area contributed by atoms with Gasteiger partial charge in [-0.3, -0.25) is 0 Å². The summed E-state index contributed by atoms with van der Waals surface area (Å²) in [6.45, 7) is 6.51. The van der Waals surface area contributed by atoms with Gasteiger partial charge in [-0.05, 0) is 152 Å². The maximum absolute atomic E-state index is 3.58. The van der Waals surface area contributed by atoms with Gasteiger partial charge in [-0.25, -0.2) is 0 Å². The number of hydrogen-bond donors (Lipinski definition) is 4. The summed E-state index contributed by atoms with van der Waals surface area (Å²) in [7, 11) is 0. The van der Waals surface area contributed by atoms with Crippen LogP contribution in [0.4, 0.5) is 0 Å². The second kappa shape index (κ2) is 12.7. The standard InChI is InChI=1S/C8H15N.3C7H13N/c1-2-7-4-5-8(3-1)9-6-7;1-2-7-3-6(1)4-8-5-7;1-2-7-5-6(1)3-4-8-7;1-2-6-4-7(3-1)8-5-6/h7-9H,1-6H2;3*6-8H,1-5H2. The van der Waals surface area contributed by atoms with Crippen LogP contribution in [0.15, 0.2) is 0 Å². The van der Waals surface area contributed by atoms with E-state index in [0.29, 0.717) is 0 Å². The summed E-state index contributed by atoms with van der Waals surface area (Å²) in [5.74, 6) is 5.28. The van der Waals surface area contributed by atoms with Crippen molar-refractivity contribution < 1.29 is 0 Å². The van der Waals surface area contributed by atoms with Gasteiger partial charge in [0.2, 0.25) is 0 Å². The largest absolute Gasteiger partial charge is 0.316 e. The van der Waals surface area contributed by atoms with Gasteiger partial charge >= 0.3 is 0 Å². The van der Waals surface area contributed by atoms with E-state index in [0.717, 1.165) is 47.7 Å². The molecule has 33 heavy (non-hydrogen) atoms. The Kier molecular flexibility index (Phi) is 9.44. The predicted molar refractivity (Wildman–Crippen MR) is 140 cm³/mol. The molecule has 0 radical (unpaired) electrons. The van der Waals surface area contributed by atoms with Crippen molar-refractivity contribution in [3.8, 4) is 0 Å². The fourth-order valence-electron chi connectivity index (χ4n) is 8.17. The number of fused-ring (bicyclic) bond motifs is 10. The monoisotopic (exact) mass is 458 g/mol. The fraction of sp³-hybridized carbons (Fsp3) is 1.00. The van der Waals surface area contributed by atoms with Crippen LogP contribution in [0, 0.1) is 29.6 Å². The molecule has 4 aliphatic carbocycles. The Labute approximate surface area is 204 Å². The first-order valence-electron chi connectivity index (χ1n) is 15.2. The van der Waals surface area contributed by atoms with E-state index >= 15 is 0 Å². The molecule has 5 heterocycles. The predicted octanol–water partition coefficient (Wildman–Crippen LogP) is 4.84. The van der Waals surface area contributed by atoms with Crippen molar-refractivity contribution in [3.63, 3.8) is 0 Å². The quantitative estimate of drug-likeness (QED) is 0.419. The average Bonchev–Trinajstić information content (AvgIpc) is 3.34. The Morgan fingerprint density at radius 1 is 0.364 bits per heavy atom. The molecule has 0 spiro atoms. The summed E-state index contributed by atoms with van der Waals surface area (Å²) >= 11 is 0. The molecule has 4 nitrogen and oxygen atoms in total. The van der Waals surface area contributed by atoms with Crippen molar-refractivity contribution in [2.75, 3.05) is 32.7 Å². The Morgan fingerprint density at radius 3 is 1.61 bits per heavy atom. The molecule has 8 bridgehead atoms. The van der Waals surface area contributed by atoms with Crippen molar-refractivity contribution in [1.29, 1.82) is 0 Å². The van der Waals surface area contributed by atoms with Crippen molar-refractivity contribution in [2.45, 2.75) is 121 Å². The highest BCUT2D eigenvalue weighted by atomic mass is 15.0. The third-order valence-electron chi connectivity index (χ3n) is 10.3. The average molecular weight is 459 g/mol. The van der Waals surface area contributed by atoms with Gasteiger partial charge in [0, 0.05) is 18.1 Å². The lowest BCUT2D eigenvalue weighted by Crippen LogP contribution is -2.35. The van der Waals surface area contributed by atoms with Gasteiger partial charge < -0.3 is 21.3 Å². The molecule has 9 fully saturated rings. The lowest BCUT2D eigenvalue weighted by molar-refractivity contribution is 0.342. The van der Waals surface area contributed by atoms with Crippen molar-refractivity contribution in [1.82, 2.24) is 21.3 Å². The minimum absolute atomic E-state index is 0.892. The van der Waals surface area contributed by atoms with Gasteiger partial charge in [-0.1, -0.05) is 12.8 Å². The van der Waals surface area contributed by atoms with Crippen LogP contribution in [0.1, 0.15) is 103 Å². The molecule has 9 rings (SSSR count). The van der Waals surface area contributed by atoms with Gasteiger partial charge in [0.15, 0.2) is 0 Å². The first kappa shape index (κ1) is 24.5. The van der Waals surface area contributed by atoms with E-state index in [9.17, 15) is 0 Å². The molecule has 0 aromatic heterocycles. The second-order valence-corrected chi connectivity index (χ2v) is 12.9. The molecular weight excluding hydrogens is 404 g/mol. The van der Waals surface area contributed by atoms with Crippen LogP contribution in [-0.4, -0.2) is 50.8 Å². The molecule has 4 N–H and O–H groups in total. The minimum atomic E-state index is 0.892. The number of rotatable bonds is 0. The third-order valence-corrected chi connectivity index (χ3v) is 10.3. The SMILES string of the molecule is C1CC2CCC(C1)NC2.C1CC2CCC(C2)N1.C1CC2CNC(C1)C2.C1CC2CNCC1C2. The zero-order valence-corrected chi connectivity index (χ0v) is 21.5. The molecule has 9 aliphatic rings. The van der Waals surface area contributed by atoms with Gasteiger partial charge in [0.05, 0.1) is 0 Å². The first-order valence-corrected chi connectivity index (χ1v) is 15.2. The zero-order chi connectivity index (χ0) is 22.3. The lowest BCUT2D eigenvalue weighted by Gasteiger charge is -2.24. The Bertz CT molecular complexity index is 443. The van der Waals surface area contributed by atoms with Crippen LogP contribution < -0.4 is 21.3 Å². The fourth-order valence-corrected chi connectivity index (χ4v) is 8.17. The zero-order valence-electron chi connectivity index (χ0n) is 21.5. The highest BCUT2D eigenvalue weighted by Gasteiger charge is 2.29. The van der Waals surface area contributed by atoms with Crippen molar-refractivity contribution in [2.24, 2.45) is 29.6 Å². The molecule has 4 heteroatoms. The summed E-state index contributed by atoms with van der Waals surface area (Å²) < 4.78 is 0. The van der Waals surface area contributed by atoms with Crippen LogP contribution in [-0.2, 0) is 0 Å². The topological polar surface area (TPSA) is 48.1 Å². The van der Waals surface area contributed by atoms with E-state index in [-0.39, 0.29) is 0 Å². The van der Waals surface area contributed by atoms with Gasteiger partial charge in [0.1, 0.15) is 0 Å². The summed E-state index contributed by atoms with van der Waals surface area (Å²) in [5, 5.41) is 14.1. The van der Waals surface area contributed by atoms with E-state index in [1.165, 1.54) is 135 Å². The Hall–Kier alpha value is -0.160. The molecule has 190 valence electrons. The molecule has 4 saturated carbocycles. The highest BCUT2D eigenvalue weighted by Crippen LogP contribution is 2.33. The lowest BCUT2D eigenvalue weighted by atomic mass is 9.91. The molecular formula is C29H54N4. The van der Waals surface area contributed by atoms with Crippen LogP contribution in [0.5, 0.6) is 0 Å². The molecule has 0 aromatic rings. The van der Waals surface area contributed by atoms with Crippen LogP contribution in [0.2, 0.25) is 0 Å². The minimum Gasteiger partial charge on any atom is -0.316 e. The summed E-state index contributed by atoms with van der Waals surface area (Å²) in [6, 6.07) is 2.71. The van der Waals surface area contributed by atoms with E-state index in [1.54, 1.807) is 0 Å². The summed E-state index contributed by atoms with van der Waals surface area (Å²) in [5.41, 5.74) is 0. The van der Waals surface area contributed by atoms with E-state index < -0.39 is 0 Å². The summed E-state index contributed by atoms with van der Waals surface area (Å²) in [4.78, 5) is 0. The first-order chi connectivity index (χ1) is 16.3. The number of hydrogen-bond acceptors (Lipinski definition) is 4. The number of nitrogens with one attached hydrogen (secondary N) is 4. The van der Waals surface area contributed by atoms with Gasteiger partial charge in [0.25, 0.3) is 0 Å². The smallest absolute Gasteiger partial charge is 0.00702 e. The molecule has 0 aromatic carbocycles. The second-order valence-electron chi connectivity index (χ2n) is 12.9. The van der Waals surface area contributed by atoms with Crippen LogP contribution >= 0.6 is 0 Å². The number of piperidine rings is 3. The normalized spacial score (nSPS) is 44.4. The van der Waals surface area contributed by atoms with Gasteiger partial charge in [-0.2, -0.15) is 0 Å². The van der Waals surface area contributed by atoms with E-state index in [1.807, 2.05) is 0 Å².